The minimum atomic E-state index is 0.0565. The third-order valence-electron chi connectivity index (χ3n) is 5.08. The molecule has 0 aromatic carbocycles. The highest BCUT2D eigenvalue weighted by molar-refractivity contribution is 5.94. The molecule has 2 fully saturated rings. The lowest BCUT2D eigenvalue weighted by Gasteiger charge is -2.35. The second-order valence-electron chi connectivity index (χ2n) is 6.55. The van der Waals surface area contributed by atoms with Crippen molar-refractivity contribution in [3.63, 3.8) is 0 Å². The summed E-state index contributed by atoms with van der Waals surface area (Å²) < 4.78 is 1.82. The van der Waals surface area contributed by atoms with Gasteiger partial charge in [0.05, 0.1) is 5.56 Å². The van der Waals surface area contributed by atoms with Crippen LogP contribution in [0.4, 0.5) is 0 Å². The number of amides is 1. The summed E-state index contributed by atoms with van der Waals surface area (Å²) in [7, 11) is 1.92. The normalized spacial score (nSPS) is 26.2. The summed E-state index contributed by atoms with van der Waals surface area (Å²) in [6, 6.07) is 5.19. The van der Waals surface area contributed by atoms with Gasteiger partial charge in [0.15, 0.2) is 0 Å². The molecule has 6 nitrogen and oxygen atoms in total. The Morgan fingerprint density at radius 2 is 2.09 bits per heavy atom. The van der Waals surface area contributed by atoms with Crippen molar-refractivity contribution >= 4 is 5.91 Å². The van der Waals surface area contributed by atoms with Gasteiger partial charge < -0.3 is 10.2 Å². The lowest BCUT2D eigenvalue weighted by molar-refractivity contribution is 0.0681. The molecule has 4 rings (SSSR count). The number of imidazole rings is 1. The number of carbonyl (C=O) groups is 1. The molecule has 2 atom stereocenters. The van der Waals surface area contributed by atoms with Crippen molar-refractivity contribution in [2.75, 3.05) is 7.05 Å². The third kappa shape index (κ3) is 2.74. The fraction of sp³-hybridized carbons (Fsp3) is 0.471. The summed E-state index contributed by atoms with van der Waals surface area (Å²) in [5.74, 6) is 0.822. The van der Waals surface area contributed by atoms with Crippen molar-refractivity contribution < 1.29 is 4.79 Å². The van der Waals surface area contributed by atoms with Crippen molar-refractivity contribution in [2.24, 2.45) is 0 Å². The summed E-state index contributed by atoms with van der Waals surface area (Å²) >= 11 is 0. The van der Waals surface area contributed by atoms with Crippen LogP contribution in [0.1, 0.15) is 36.0 Å². The predicted molar refractivity (Wildman–Crippen MR) is 86.4 cm³/mol. The van der Waals surface area contributed by atoms with Crippen LogP contribution in [0.2, 0.25) is 0 Å². The molecule has 120 valence electrons. The molecule has 2 saturated heterocycles. The van der Waals surface area contributed by atoms with E-state index in [0.717, 1.165) is 18.7 Å². The molecule has 2 bridgehead atoms. The molecule has 2 aliphatic rings. The minimum absolute atomic E-state index is 0.0565. The number of pyridine rings is 1. The van der Waals surface area contributed by atoms with E-state index in [4.69, 9.17) is 0 Å². The Hall–Kier alpha value is -2.21. The average molecular weight is 311 g/mol. The molecule has 1 N–H and O–H groups in total. The first-order valence-corrected chi connectivity index (χ1v) is 8.18. The number of hydrogen-bond donors (Lipinski definition) is 1. The van der Waals surface area contributed by atoms with Crippen LogP contribution in [0, 0.1) is 0 Å². The molecule has 6 heteroatoms. The first-order chi connectivity index (χ1) is 11.2. The Balaban J connectivity index is 1.48. The molecule has 2 aliphatic heterocycles. The summed E-state index contributed by atoms with van der Waals surface area (Å²) in [6.07, 6.45) is 11.5. The van der Waals surface area contributed by atoms with E-state index in [0.29, 0.717) is 23.7 Å². The Kier molecular flexibility index (Phi) is 3.61. The van der Waals surface area contributed by atoms with E-state index in [1.165, 1.54) is 12.8 Å². The van der Waals surface area contributed by atoms with Gasteiger partial charge in [-0.1, -0.05) is 0 Å². The fourth-order valence-electron chi connectivity index (χ4n) is 3.77. The quantitative estimate of drug-likeness (QED) is 0.935. The summed E-state index contributed by atoms with van der Waals surface area (Å²) in [5.41, 5.74) is 0.641. The number of hydrogen-bond acceptors (Lipinski definition) is 4. The maximum atomic E-state index is 12.7. The molecule has 0 radical (unpaired) electrons. The number of aromatic nitrogens is 3. The van der Waals surface area contributed by atoms with Crippen molar-refractivity contribution in [3.8, 4) is 5.82 Å². The van der Waals surface area contributed by atoms with Gasteiger partial charge in [-0.3, -0.25) is 9.36 Å². The van der Waals surface area contributed by atoms with E-state index in [1.807, 2.05) is 34.8 Å². The lowest BCUT2D eigenvalue weighted by atomic mass is 9.98. The predicted octanol–water partition coefficient (Wildman–Crippen LogP) is 1.62. The number of piperidine rings is 1. The highest BCUT2D eigenvalue weighted by Crippen LogP contribution is 2.29. The monoisotopic (exact) mass is 311 g/mol. The zero-order valence-corrected chi connectivity index (χ0v) is 13.2. The molecule has 2 aromatic heterocycles. The van der Waals surface area contributed by atoms with Crippen LogP contribution in [0.15, 0.2) is 37.1 Å². The van der Waals surface area contributed by atoms with Crippen LogP contribution in [0.25, 0.3) is 5.82 Å². The Morgan fingerprint density at radius 3 is 2.70 bits per heavy atom. The van der Waals surface area contributed by atoms with Crippen LogP contribution in [0.3, 0.4) is 0 Å². The van der Waals surface area contributed by atoms with E-state index in [1.54, 1.807) is 18.7 Å². The van der Waals surface area contributed by atoms with Gasteiger partial charge in [-0.05, 0) is 37.8 Å². The topological polar surface area (TPSA) is 63.1 Å². The fourth-order valence-corrected chi connectivity index (χ4v) is 3.77. The summed E-state index contributed by atoms with van der Waals surface area (Å²) in [4.78, 5) is 23.0. The molecule has 0 spiro atoms. The van der Waals surface area contributed by atoms with Crippen molar-refractivity contribution in [2.45, 2.75) is 43.8 Å². The molecule has 0 aliphatic carbocycles. The van der Waals surface area contributed by atoms with Gasteiger partial charge in [0, 0.05) is 43.8 Å². The molecule has 2 aromatic rings. The molecule has 4 heterocycles. The number of fused-ring (bicyclic) bond motifs is 2. The Bertz CT molecular complexity index is 670. The second-order valence-corrected chi connectivity index (χ2v) is 6.55. The standard InChI is InChI=1S/C17H21N5O/c1-21(15-8-13-3-4-14(9-15)20-13)17(23)12-2-5-16(19-10-12)22-7-6-18-11-22/h2,5-7,10-11,13-15,20H,3-4,8-9H2,1H3. The van der Waals surface area contributed by atoms with E-state index in [-0.39, 0.29) is 5.91 Å². The first-order valence-electron chi connectivity index (χ1n) is 8.18. The molecular formula is C17H21N5O. The Labute approximate surface area is 135 Å². The van der Waals surface area contributed by atoms with Gasteiger partial charge in [0.25, 0.3) is 5.91 Å². The van der Waals surface area contributed by atoms with Gasteiger partial charge >= 0.3 is 0 Å². The van der Waals surface area contributed by atoms with Crippen LogP contribution in [0.5, 0.6) is 0 Å². The number of nitrogens with one attached hydrogen (secondary N) is 1. The van der Waals surface area contributed by atoms with E-state index >= 15 is 0 Å². The van der Waals surface area contributed by atoms with Crippen LogP contribution < -0.4 is 5.32 Å². The molecule has 2 unspecified atom stereocenters. The smallest absolute Gasteiger partial charge is 0.255 e. The van der Waals surface area contributed by atoms with Crippen molar-refractivity contribution in [3.05, 3.63) is 42.6 Å². The minimum Gasteiger partial charge on any atom is -0.339 e. The highest BCUT2D eigenvalue weighted by atomic mass is 16.2. The zero-order chi connectivity index (χ0) is 15.8. The summed E-state index contributed by atoms with van der Waals surface area (Å²) in [6.45, 7) is 0. The van der Waals surface area contributed by atoms with Crippen LogP contribution >= 0.6 is 0 Å². The third-order valence-corrected chi connectivity index (χ3v) is 5.08. The average Bonchev–Trinajstić information content (AvgIpc) is 3.23. The Morgan fingerprint density at radius 1 is 1.30 bits per heavy atom. The van der Waals surface area contributed by atoms with Crippen molar-refractivity contribution in [1.82, 2.24) is 24.8 Å². The number of carbonyl (C=O) groups excluding carboxylic acids is 1. The number of rotatable bonds is 3. The van der Waals surface area contributed by atoms with Gasteiger partial charge in [-0.2, -0.15) is 0 Å². The zero-order valence-electron chi connectivity index (χ0n) is 13.2. The largest absolute Gasteiger partial charge is 0.339 e. The lowest BCUT2D eigenvalue weighted by Crippen LogP contribution is -2.48. The second kappa shape index (κ2) is 5.77. The van der Waals surface area contributed by atoms with E-state index < -0.39 is 0 Å². The van der Waals surface area contributed by atoms with Gasteiger partial charge in [0.2, 0.25) is 0 Å². The summed E-state index contributed by atoms with van der Waals surface area (Å²) in [5, 5.41) is 3.62. The molecule has 23 heavy (non-hydrogen) atoms. The van der Waals surface area contributed by atoms with Gasteiger partial charge in [-0.25, -0.2) is 9.97 Å². The van der Waals surface area contributed by atoms with Gasteiger partial charge in [0.1, 0.15) is 12.1 Å². The maximum Gasteiger partial charge on any atom is 0.255 e. The maximum absolute atomic E-state index is 12.7. The van der Waals surface area contributed by atoms with Crippen molar-refractivity contribution in [1.29, 1.82) is 0 Å². The van der Waals surface area contributed by atoms with Gasteiger partial charge in [-0.15, -0.1) is 0 Å². The van der Waals surface area contributed by atoms with Crippen LogP contribution in [-0.2, 0) is 0 Å². The van der Waals surface area contributed by atoms with Crippen LogP contribution in [-0.4, -0.2) is 50.5 Å². The molecule has 1 amide bonds. The van der Waals surface area contributed by atoms with E-state index in [9.17, 15) is 4.79 Å². The molecule has 0 saturated carbocycles. The SMILES string of the molecule is CN(C(=O)c1ccc(-n2ccnc2)nc1)C1CC2CCC(C1)N2. The first kappa shape index (κ1) is 14.4. The number of nitrogens with zero attached hydrogens (tertiary/aromatic N) is 4. The highest BCUT2D eigenvalue weighted by Gasteiger charge is 2.36. The molecular weight excluding hydrogens is 290 g/mol. The van der Waals surface area contributed by atoms with E-state index in [2.05, 4.69) is 15.3 Å².